The van der Waals surface area contributed by atoms with Crippen LogP contribution in [0.1, 0.15) is 66.9 Å². The van der Waals surface area contributed by atoms with Crippen molar-refractivity contribution in [1.29, 1.82) is 0 Å². The lowest BCUT2D eigenvalue weighted by molar-refractivity contribution is 0.0138. The molecule has 0 spiro atoms. The minimum absolute atomic E-state index is 0.103. The summed E-state index contributed by atoms with van der Waals surface area (Å²) in [4.78, 5) is 34.1. The minimum atomic E-state index is -4.39. The number of amidine groups is 1. The summed E-state index contributed by atoms with van der Waals surface area (Å²) in [5.41, 5.74) is 3.60. The molecule has 1 aromatic carbocycles. The molecule has 2 heterocycles. The van der Waals surface area contributed by atoms with E-state index in [4.69, 9.17) is 15.0 Å². The molecular weight excluding hydrogens is 524 g/mol. The lowest BCUT2D eigenvalue weighted by Crippen LogP contribution is -2.62. The summed E-state index contributed by atoms with van der Waals surface area (Å²) in [5, 5.41) is 1.88. The number of carbonyl (C=O) groups is 2. The van der Waals surface area contributed by atoms with Gasteiger partial charge in [-0.25, -0.2) is 26.8 Å². The summed E-state index contributed by atoms with van der Waals surface area (Å²) in [7, 11) is -4.39. The number of benzene rings is 1. The monoisotopic (exact) mass is 555 g/mol. The first kappa shape index (κ1) is 29.3. The van der Waals surface area contributed by atoms with E-state index in [0.29, 0.717) is 4.90 Å². The second-order valence-electron chi connectivity index (χ2n) is 11.4. The Labute approximate surface area is 219 Å². The summed E-state index contributed by atoms with van der Waals surface area (Å²) in [6.07, 6.45) is -2.86. The predicted molar refractivity (Wildman–Crippen MR) is 135 cm³/mol. The molecule has 14 heteroatoms. The van der Waals surface area contributed by atoms with Gasteiger partial charge in [-0.2, -0.15) is 4.90 Å². The summed E-state index contributed by atoms with van der Waals surface area (Å²) in [5.74, 6) is -1.64. The van der Waals surface area contributed by atoms with Crippen LogP contribution in [0.5, 0.6) is 0 Å². The number of ether oxygens (including phenoxy) is 2. The molecule has 3 atom stereocenters. The molecule has 1 aromatic rings. The maximum absolute atomic E-state index is 15.2. The third-order valence-electron chi connectivity index (χ3n) is 6.34. The van der Waals surface area contributed by atoms with E-state index in [2.05, 4.69) is 15.0 Å². The number of alkyl halides is 1. The van der Waals surface area contributed by atoms with Gasteiger partial charge in [0.2, 0.25) is 0 Å². The lowest BCUT2D eigenvalue weighted by Gasteiger charge is -2.43. The maximum Gasteiger partial charge on any atom is 0.425 e. The molecule has 0 unspecified atom stereocenters. The van der Waals surface area contributed by atoms with Crippen molar-refractivity contribution in [3.63, 3.8) is 0 Å². The predicted octanol–water partition coefficient (Wildman–Crippen LogP) is 5.85. The summed E-state index contributed by atoms with van der Waals surface area (Å²) < 4.78 is 67.0. The van der Waals surface area contributed by atoms with Crippen LogP contribution >= 0.6 is 0 Å². The number of hydrogen-bond acceptors (Lipinski definition) is 8. The zero-order valence-corrected chi connectivity index (χ0v) is 23.1. The molecule has 2 amide bonds. The van der Waals surface area contributed by atoms with E-state index in [1.54, 1.807) is 0 Å². The van der Waals surface area contributed by atoms with Gasteiger partial charge in [0, 0.05) is 16.2 Å². The van der Waals surface area contributed by atoms with Crippen molar-refractivity contribution in [2.75, 3.05) is 6.67 Å². The first-order chi connectivity index (χ1) is 17.3. The van der Waals surface area contributed by atoms with Gasteiger partial charge in [-0.1, -0.05) is 5.11 Å². The molecule has 38 heavy (non-hydrogen) atoms. The first-order valence-electron chi connectivity index (χ1n) is 11.8. The number of fused-ring (bicyclic) bond motifs is 2. The Morgan fingerprint density at radius 3 is 2.21 bits per heavy atom. The van der Waals surface area contributed by atoms with E-state index < -0.39 is 72.7 Å². The van der Waals surface area contributed by atoms with Crippen molar-refractivity contribution in [3.05, 3.63) is 40.0 Å². The molecule has 0 radical (unpaired) electrons. The van der Waals surface area contributed by atoms with Gasteiger partial charge in [-0.15, -0.1) is 0 Å². The van der Waals surface area contributed by atoms with Gasteiger partial charge in [0.15, 0.2) is 9.84 Å². The molecule has 11 nitrogen and oxygen atoms in total. The fraction of sp³-hybridized carbons (Fsp3) is 0.625. The van der Waals surface area contributed by atoms with Crippen LogP contribution in [-0.4, -0.2) is 59.2 Å². The molecule has 1 fully saturated rings. The highest BCUT2D eigenvalue weighted by Crippen LogP contribution is 2.53. The van der Waals surface area contributed by atoms with Crippen molar-refractivity contribution in [2.45, 2.75) is 88.0 Å². The number of imide groups is 1. The summed E-state index contributed by atoms with van der Waals surface area (Å²) >= 11 is 0. The van der Waals surface area contributed by atoms with E-state index in [9.17, 15) is 18.0 Å². The van der Waals surface area contributed by atoms with Crippen LogP contribution in [0.2, 0.25) is 0 Å². The number of azide groups is 1. The molecule has 0 saturated carbocycles. The quantitative estimate of drug-likeness (QED) is 0.259. The van der Waals surface area contributed by atoms with Crippen molar-refractivity contribution in [1.82, 2.24) is 4.90 Å². The molecule has 0 aromatic heterocycles. The van der Waals surface area contributed by atoms with Crippen molar-refractivity contribution in [3.8, 4) is 0 Å². The zero-order chi connectivity index (χ0) is 28.9. The van der Waals surface area contributed by atoms with Gasteiger partial charge in [0.25, 0.3) is 0 Å². The number of halogens is 2. The highest BCUT2D eigenvalue weighted by atomic mass is 32.2. The Bertz CT molecular complexity index is 1320. The van der Waals surface area contributed by atoms with E-state index in [1.807, 2.05) is 0 Å². The fourth-order valence-electron chi connectivity index (χ4n) is 4.66. The Hall–Kier alpha value is -3.25. The molecule has 1 saturated heterocycles. The molecule has 0 aliphatic carbocycles. The van der Waals surface area contributed by atoms with E-state index in [1.165, 1.54) is 48.5 Å². The van der Waals surface area contributed by atoms with Crippen LogP contribution in [0.3, 0.4) is 0 Å². The number of nitrogens with zero attached hydrogens (tertiary/aromatic N) is 5. The molecule has 2 bridgehead atoms. The standard InChI is InChI=1S/C24H31F2N5O6S/c1-21(2,3)36-19(32)31(20(33)37-22(4,5)6)18-23(7)11-10-17(38(23,34)35)24(13-25,28-18)15-12-14(29-30-27)8-9-16(15)26/h8-9,12,17H,10-11,13H2,1-7H3/t17-,23+,24+/m1/s1. The molecule has 2 aliphatic heterocycles. The topological polar surface area (TPSA) is 151 Å². The fourth-order valence-corrected chi connectivity index (χ4v) is 7.27. The Morgan fingerprint density at radius 2 is 1.74 bits per heavy atom. The van der Waals surface area contributed by atoms with Gasteiger partial charge in [0.1, 0.15) is 39.8 Å². The minimum Gasteiger partial charge on any atom is -0.443 e. The van der Waals surface area contributed by atoms with Crippen LogP contribution < -0.4 is 0 Å². The van der Waals surface area contributed by atoms with E-state index >= 15 is 8.78 Å². The van der Waals surface area contributed by atoms with Crippen LogP contribution in [0.25, 0.3) is 10.4 Å². The number of rotatable bonds is 3. The third kappa shape index (κ3) is 4.94. The summed E-state index contributed by atoms with van der Waals surface area (Å²) in [6, 6.07) is 3.05. The molecule has 0 N–H and O–H groups in total. The van der Waals surface area contributed by atoms with Gasteiger partial charge in [-0.3, -0.25) is 4.99 Å². The molecule has 3 rings (SSSR count). The number of sulfone groups is 1. The SMILES string of the molecule is CC(C)(C)OC(=O)N(C(=O)OC(C)(C)C)C1=N[C@@](CF)(c2cc(N=[N+]=[N-])ccc2F)[C@H]2CC[C@]1(C)S2(=O)=O. The van der Waals surface area contributed by atoms with Gasteiger partial charge >= 0.3 is 12.2 Å². The second-order valence-corrected chi connectivity index (χ2v) is 14.0. The van der Waals surface area contributed by atoms with Crippen LogP contribution in [0.15, 0.2) is 28.3 Å². The highest BCUT2D eigenvalue weighted by molar-refractivity contribution is 7.94. The van der Waals surface area contributed by atoms with Gasteiger partial charge in [-0.05, 0) is 85.0 Å². The average Bonchev–Trinajstić information content (AvgIpc) is 2.91. The number of aliphatic imine (C=N–C) groups is 1. The normalized spacial score (nSPS) is 26.1. The van der Waals surface area contributed by atoms with Crippen molar-refractivity contribution in [2.24, 2.45) is 10.1 Å². The second kappa shape index (κ2) is 9.49. The van der Waals surface area contributed by atoms with Crippen LogP contribution in [-0.2, 0) is 24.8 Å². The van der Waals surface area contributed by atoms with Gasteiger partial charge < -0.3 is 9.47 Å². The third-order valence-corrected chi connectivity index (χ3v) is 9.36. The smallest absolute Gasteiger partial charge is 0.425 e. The Balaban J connectivity index is 2.39. The Morgan fingerprint density at radius 1 is 1.18 bits per heavy atom. The molecule has 208 valence electrons. The van der Waals surface area contributed by atoms with Crippen molar-refractivity contribution >= 4 is 33.5 Å². The maximum atomic E-state index is 15.2. The Kier molecular flexibility index (Phi) is 7.32. The molecular formula is C24H31F2N5O6S. The average molecular weight is 556 g/mol. The van der Waals surface area contributed by atoms with E-state index in [0.717, 1.165) is 18.2 Å². The van der Waals surface area contributed by atoms with Crippen LogP contribution in [0, 0.1) is 5.82 Å². The first-order valence-corrected chi connectivity index (χ1v) is 13.4. The zero-order valence-electron chi connectivity index (χ0n) is 22.3. The van der Waals surface area contributed by atoms with Gasteiger partial charge in [0.05, 0.1) is 5.25 Å². The number of amides is 2. The molecule has 2 aliphatic rings. The lowest BCUT2D eigenvalue weighted by atomic mass is 9.86. The van der Waals surface area contributed by atoms with Crippen LogP contribution in [0.4, 0.5) is 24.1 Å². The largest absolute Gasteiger partial charge is 0.443 e. The van der Waals surface area contributed by atoms with E-state index in [-0.39, 0.29) is 18.5 Å². The number of hydrogen-bond donors (Lipinski definition) is 0. The summed E-state index contributed by atoms with van der Waals surface area (Å²) in [6.45, 7) is 8.99. The number of carbonyl (C=O) groups excluding carboxylic acids is 2. The highest BCUT2D eigenvalue weighted by Gasteiger charge is 2.67. The van der Waals surface area contributed by atoms with Crippen molar-refractivity contribution < 1.29 is 36.3 Å².